The van der Waals surface area contributed by atoms with Gasteiger partial charge in [0, 0.05) is 22.8 Å². The lowest BCUT2D eigenvalue weighted by Gasteiger charge is -2.46. The molecule has 1 nitrogen and oxygen atoms in total. The van der Waals surface area contributed by atoms with Crippen molar-refractivity contribution >= 4 is 11.4 Å². The van der Waals surface area contributed by atoms with Gasteiger partial charge in [0.05, 0.1) is 5.41 Å². The van der Waals surface area contributed by atoms with Crippen LogP contribution in [0.1, 0.15) is 68.2 Å². The first-order valence-electron chi connectivity index (χ1n) is 17.3. The lowest BCUT2D eigenvalue weighted by atomic mass is 9.67. The van der Waals surface area contributed by atoms with E-state index in [4.69, 9.17) is 6.58 Å². The Hall–Kier alpha value is -4.88. The van der Waals surface area contributed by atoms with Crippen LogP contribution < -0.4 is 4.90 Å². The molecule has 5 aromatic rings. The van der Waals surface area contributed by atoms with Crippen LogP contribution in [0.5, 0.6) is 0 Å². The number of fused-ring (bicyclic) bond motifs is 6. The van der Waals surface area contributed by atoms with Gasteiger partial charge in [-0.05, 0) is 113 Å². The van der Waals surface area contributed by atoms with Crippen LogP contribution >= 0.6 is 0 Å². The van der Waals surface area contributed by atoms with Gasteiger partial charge in [-0.15, -0.1) is 0 Å². The molecule has 0 amide bonds. The van der Waals surface area contributed by atoms with E-state index in [2.05, 4.69) is 171 Å². The molecule has 3 aliphatic rings. The molecule has 1 saturated carbocycles. The van der Waals surface area contributed by atoms with Crippen molar-refractivity contribution in [1.82, 2.24) is 0 Å². The van der Waals surface area contributed by atoms with Gasteiger partial charge in [-0.2, -0.15) is 0 Å². The molecule has 0 spiro atoms. The first-order valence-corrected chi connectivity index (χ1v) is 17.3. The van der Waals surface area contributed by atoms with Gasteiger partial charge in [-0.1, -0.05) is 135 Å². The number of benzene rings is 5. The lowest BCUT2D eigenvalue weighted by molar-refractivity contribution is 0.223. The molecule has 4 unspecified atom stereocenters. The summed E-state index contributed by atoms with van der Waals surface area (Å²) in [4.78, 5) is 2.66. The molecule has 5 aromatic carbocycles. The number of hydrogen-bond donors (Lipinski definition) is 0. The fourth-order valence-electron chi connectivity index (χ4n) is 9.48. The lowest BCUT2D eigenvalue weighted by Crippen LogP contribution is -2.47. The van der Waals surface area contributed by atoms with Crippen LogP contribution in [0.2, 0.25) is 0 Å². The molecule has 0 N–H and O–H groups in total. The van der Waals surface area contributed by atoms with Gasteiger partial charge in [0.15, 0.2) is 0 Å². The van der Waals surface area contributed by atoms with E-state index in [1.807, 2.05) is 0 Å². The maximum Gasteiger partial charge on any atom is 0.0707 e. The van der Waals surface area contributed by atoms with Crippen LogP contribution in [0.3, 0.4) is 0 Å². The van der Waals surface area contributed by atoms with Gasteiger partial charge in [0.2, 0.25) is 0 Å². The van der Waals surface area contributed by atoms with Crippen LogP contribution in [0.15, 0.2) is 158 Å². The van der Waals surface area contributed by atoms with Crippen molar-refractivity contribution in [2.75, 3.05) is 4.90 Å². The van der Waals surface area contributed by atoms with Crippen molar-refractivity contribution in [1.29, 1.82) is 0 Å². The number of hydrogen-bond acceptors (Lipinski definition) is 1. The summed E-state index contributed by atoms with van der Waals surface area (Å²) in [6.45, 7) is 11.8. The Labute approximate surface area is 280 Å². The molecule has 1 heterocycles. The molecule has 1 heteroatoms. The summed E-state index contributed by atoms with van der Waals surface area (Å²) in [5.74, 6) is 1.14. The average Bonchev–Trinajstić information content (AvgIpc) is 3.56. The maximum atomic E-state index is 4.73. The number of nitrogens with zero attached hydrogens (tertiary/aromatic N) is 1. The second-order valence-corrected chi connectivity index (χ2v) is 14.0. The number of anilines is 2. The van der Waals surface area contributed by atoms with Crippen molar-refractivity contribution < 1.29 is 0 Å². The minimum atomic E-state index is -0.461. The minimum absolute atomic E-state index is 0.0764. The van der Waals surface area contributed by atoms with Crippen LogP contribution in [0.4, 0.5) is 11.4 Å². The van der Waals surface area contributed by atoms with E-state index in [0.29, 0.717) is 11.8 Å². The van der Waals surface area contributed by atoms with E-state index in [1.165, 1.54) is 75.1 Å². The summed E-state index contributed by atoms with van der Waals surface area (Å²) in [6, 6.07) is 45.3. The van der Waals surface area contributed by atoms with Gasteiger partial charge in [0.25, 0.3) is 0 Å². The molecule has 1 fully saturated rings. The smallest absolute Gasteiger partial charge is 0.0707 e. The zero-order valence-corrected chi connectivity index (χ0v) is 27.8. The van der Waals surface area contributed by atoms with E-state index in [0.717, 1.165) is 5.57 Å². The number of allylic oxidation sites excluding steroid dienone is 5. The molecule has 4 atom stereocenters. The second kappa shape index (κ2) is 11.4. The Morgan fingerprint density at radius 2 is 1.45 bits per heavy atom. The molecule has 232 valence electrons. The largest absolute Gasteiger partial charge is 0.335 e. The third-order valence-corrected chi connectivity index (χ3v) is 11.4. The Morgan fingerprint density at radius 1 is 0.766 bits per heavy atom. The molecular weight excluding hydrogens is 567 g/mol. The number of para-hydroxylation sites is 1. The van der Waals surface area contributed by atoms with Crippen molar-refractivity contribution in [3.63, 3.8) is 0 Å². The summed E-state index contributed by atoms with van der Waals surface area (Å²) in [5.41, 5.74) is 13.9. The van der Waals surface area contributed by atoms with Crippen LogP contribution in [0.25, 0.3) is 22.3 Å². The van der Waals surface area contributed by atoms with Crippen LogP contribution in [0, 0.1) is 5.92 Å². The van der Waals surface area contributed by atoms with Gasteiger partial charge in [-0.3, -0.25) is 0 Å². The Kier molecular flexibility index (Phi) is 7.17. The molecule has 1 aliphatic heterocycles. The van der Waals surface area contributed by atoms with Gasteiger partial charge >= 0.3 is 0 Å². The molecule has 0 bridgehead atoms. The van der Waals surface area contributed by atoms with E-state index < -0.39 is 5.41 Å². The van der Waals surface area contributed by atoms with Gasteiger partial charge < -0.3 is 4.90 Å². The molecule has 2 aliphatic carbocycles. The zero-order chi connectivity index (χ0) is 32.2. The van der Waals surface area contributed by atoms with Gasteiger partial charge in [0.1, 0.15) is 0 Å². The highest BCUT2D eigenvalue weighted by atomic mass is 15.2. The van der Waals surface area contributed by atoms with Crippen LogP contribution in [-0.2, 0) is 5.41 Å². The van der Waals surface area contributed by atoms with E-state index in [-0.39, 0.29) is 5.54 Å². The fourth-order valence-corrected chi connectivity index (χ4v) is 9.48. The first kappa shape index (κ1) is 29.5. The van der Waals surface area contributed by atoms with Gasteiger partial charge in [-0.25, -0.2) is 0 Å². The summed E-state index contributed by atoms with van der Waals surface area (Å²) in [6.07, 6.45) is 12.2. The average molecular weight is 610 g/mol. The molecule has 0 radical (unpaired) electrons. The standard InChI is InChI=1S/C46H43N/c1-5-6-9-18-33(3)46(36-19-10-7-11-20-36)41-24-15-14-23-38(41)39-30-34(25-27-42(39)46)35-26-28-43-40(31-35)44-32(2)17-16-29-45(44,4)47(43)37-21-12-8-13-22-37/h5-15,18-28,30-32,44H,3,16-17,29H2,1-2,4H3/b6-5-,18-9-. The molecular formula is C46H43N. The maximum absolute atomic E-state index is 4.73. The highest BCUT2D eigenvalue weighted by molar-refractivity contribution is 5.89. The monoisotopic (exact) mass is 609 g/mol. The van der Waals surface area contributed by atoms with E-state index in [1.54, 1.807) is 0 Å². The van der Waals surface area contributed by atoms with Crippen LogP contribution in [-0.4, -0.2) is 5.54 Å². The SMILES string of the molecule is C=C(/C=C\C=C/C)C1(c2ccccc2)c2ccccc2-c2cc(-c3ccc4c(c3)C3C(C)CCCC3(C)N4c3ccccc3)ccc21. The number of rotatable bonds is 6. The summed E-state index contributed by atoms with van der Waals surface area (Å²) >= 11 is 0. The minimum Gasteiger partial charge on any atom is -0.335 e. The van der Waals surface area contributed by atoms with Crippen molar-refractivity contribution in [3.05, 3.63) is 180 Å². The van der Waals surface area contributed by atoms with E-state index >= 15 is 0 Å². The fraction of sp³-hybridized carbons (Fsp3) is 0.217. The predicted molar refractivity (Wildman–Crippen MR) is 199 cm³/mol. The summed E-state index contributed by atoms with van der Waals surface area (Å²) < 4.78 is 0. The summed E-state index contributed by atoms with van der Waals surface area (Å²) in [5, 5.41) is 0. The molecule has 0 aromatic heterocycles. The zero-order valence-electron chi connectivity index (χ0n) is 27.8. The Bertz CT molecular complexity index is 2030. The van der Waals surface area contributed by atoms with Crippen molar-refractivity contribution in [2.24, 2.45) is 5.92 Å². The molecule has 47 heavy (non-hydrogen) atoms. The normalized spacial score (nSPS) is 24.3. The Morgan fingerprint density at radius 3 is 2.23 bits per heavy atom. The summed E-state index contributed by atoms with van der Waals surface area (Å²) in [7, 11) is 0. The first-order chi connectivity index (χ1) is 23.0. The highest BCUT2D eigenvalue weighted by Gasteiger charge is 2.52. The second-order valence-electron chi connectivity index (χ2n) is 14.0. The van der Waals surface area contributed by atoms with E-state index in [9.17, 15) is 0 Å². The highest BCUT2D eigenvalue weighted by Crippen LogP contribution is 2.60. The molecule has 0 saturated heterocycles. The third kappa shape index (κ3) is 4.36. The quantitative estimate of drug-likeness (QED) is 0.173. The Balaban J connectivity index is 1.30. The third-order valence-electron chi connectivity index (χ3n) is 11.4. The topological polar surface area (TPSA) is 3.24 Å². The van der Waals surface area contributed by atoms with Crippen molar-refractivity contribution in [2.45, 2.75) is 56.9 Å². The predicted octanol–water partition coefficient (Wildman–Crippen LogP) is 12.2. The molecule has 8 rings (SSSR count). The van der Waals surface area contributed by atoms with Crippen molar-refractivity contribution in [3.8, 4) is 22.3 Å².